The summed E-state index contributed by atoms with van der Waals surface area (Å²) in [5, 5.41) is 11.3. The van der Waals surface area contributed by atoms with Gasteiger partial charge in [-0.2, -0.15) is 0 Å². The SMILES string of the molecule is Cc1cnc(Nc2c(C(=O)O)cc(F)c(F)c2F)c(Br)c1. The van der Waals surface area contributed by atoms with E-state index in [4.69, 9.17) is 5.11 Å². The molecule has 1 aromatic heterocycles. The minimum atomic E-state index is -1.76. The Hall–Kier alpha value is -2.09. The minimum Gasteiger partial charge on any atom is -0.478 e. The molecule has 0 bridgehead atoms. The first-order chi connectivity index (χ1) is 9.81. The molecule has 1 heterocycles. The standard InChI is InChI=1S/C13H8BrF3N2O2/c1-5-2-7(14)12(18-4-5)19-11-6(13(20)21)3-8(15)9(16)10(11)17/h2-4H,1H3,(H,18,19)(H,20,21). The average molecular weight is 361 g/mol. The van der Waals surface area contributed by atoms with Gasteiger partial charge >= 0.3 is 5.97 Å². The highest BCUT2D eigenvalue weighted by molar-refractivity contribution is 9.10. The third-order valence-electron chi connectivity index (χ3n) is 2.61. The van der Waals surface area contributed by atoms with E-state index in [1.54, 1.807) is 13.0 Å². The van der Waals surface area contributed by atoms with E-state index in [-0.39, 0.29) is 5.82 Å². The van der Waals surface area contributed by atoms with Crippen LogP contribution < -0.4 is 5.32 Å². The number of nitrogens with zero attached hydrogens (tertiary/aromatic N) is 1. The van der Waals surface area contributed by atoms with E-state index >= 15 is 0 Å². The van der Waals surface area contributed by atoms with Crippen molar-refractivity contribution in [3.63, 3.8) is 0 Å². The monoisotopic (exact) mass is 360 g/mol. The molecule has 0 atom stereocenters. The van der Waals surface area contributed by atoms with Gasteiger partial charge in [-0.3, -0.25) is 0 Å². The van der Waals surface area contributed by atoms with E-state index in [0.717, 1.165) is 5.56 Å². The predicted molar refractivity (Wildman–Crippen MR) is 73.2 cm³/mol. The second-order valence-corrected chi connectivity index (χ2v) is 5.04. The van der Waals surface area contributed by atoms with Crippen LogP contribution in [0.3, 0.4) is 0 Å². The van der Waals surface area contributed by atoms with Gasteiger partial charge < -0.3 is 10.4 Å². The molecule has 0 fully saturated rings. The summed E-state index contributed by atoms with van der Waals surface area (Å²) in [6.45, 7) is 1.77. The molecule has 0 unspecified atom stereocenters. The van der Waals surface area contributed by atoms with E-state index in [0.29, 0.717) is 10.5 Å². The molecule has 2 aromatic rings. The second-order valence-electron chi connectivity index (χ2n) is 4.18. The Balaban J connectivity index is 2.57. The lowest BCUT2D eigenvalue weighted by atomic mass is 10.1. The van der Waals surface area contributed by atoms with Crippen LogP contribution in [0.4, 0.5) is 24.7 Å². The van der Waals surface area contributed by atoms with Crippen LogP contribution in [0, 0.1) is 24.4 Å². The summed E-state index contributed by atoms with van der Waals surface area (Å²) in [6, 6.07) is 2.05. The van der Waals surface area contributed by atoms with E-state index in [2.05, 4.69) is 26.2 Å². The molecule has 2 rings (SSSR count). The van der Waals surface area contributed by atoms with E-state index in [9.17, 15) is 18.0 Å². The fraction of sp³-hybridized carbons (Fsp3) is 0.0769. The maximum atomic E-state index is 13.8. The number of aryl methyl sites for hydroxylation is 1. The molecule has 0 aliphatic heterocycles. The topological polar surface area (TPSA) is 62.2 Å². The van der Waals surface area contributed by atoms with Crippen molar-refractivity contribution in [2.24, 2.45) is 0 Å². The van der Waals surface area contributed by atoms with Crippen LogP contribution in [0.15, 0.2) is 22.8 Å². The largest absolute Gasteiger partial charge is 0.478 e. The molecule has 1 aromatic carbocycles. The number of carboxylic acid groups (broad SMARTS) is 1. The van der Waals surface area contributed by atoms with E-state index < -0.39 is 34.7 Å². The van der Waals surface area contributed by atoms with Crippen molar-refractivity contribution in [3.05, 3.63) is 51.4 Å². The second kappa shape index (κ2) is 5.72. The quantitative estimate of drug-likeness (QED) is 0.811. The molecule has 0 saturated carbocycles. The Morgan fingerprint density at radius 1 is 1.29 bits per heavy atom. The number of aromatic nitrogens is 1. The first-order valence-corrected chi connectivity index (χ1v) is 6.40. The van der Waals surface area contributed by atoms with Gasteiger partial charge in [0.1, 0.15) is 5.82 Å². The maximum absolute atomic E-state index is 13.8. The summed E-state index contributed by atoms with van der Waals surface area (Å²) in [7, 11) is 0. The maximum Gasteiger partial charge on any atom is 0.338 e. The molecule has 2 N–H and O–H groups in total. The number of nitrogens with one attached hydrogen (secondary N) is 1. The van der Waals surface area contributed by atoms with Crippen LogP contribution in [-0.4, -0.2) is 16.1 Å². The smallest absolute Gasteiger partial charge is 0.338 e. The highest BCUT2D eigenvalue weighted by atomic mass is 79.9. The van der Waals surface area contributed by atoms with Gasteiger partial charge in [0, 0.05) is 6.20 Å². The summed E-state index contributed by atoms with van der Waals surface area (Å²) in [6.07, 6.45) is 1.45. The zero-order valence-electron chi connectivity index (χ0n) is 10.5. The third-order valence-corrected chi connectivity index (χ3v) is 3.22. The molecule has 0 spiro atoms. The molecule has 0 aliphatic carbocycles. The minimum absolute atomic E-state index is 0.0769. The molecule has 110 valence electrons. The van der Waals surface area contributed by atoms with Gasteiger partial charge in [0.2, 0.25) is 0 Å². The third kappa shape index (κ3) is 2.99. The summed E-state index contributed by atoms with van der Waals surface area (Å²) in [5.41, 5.74) is -0.629. The molecule has 0 saturated heterocycles. The van der Waals surface area contributed by atoms with Crippen LogP contribution in [0.25, 0.3) is 0 Å². The Kier molecular flexibility index (Phi) is 4.17. The van der Waals surface area contributed by atoms with Gasteiger partial charge in [-0.15, -0.1) is 0 Å². The first kappa shape index (κ1) is 15.3. The Morgan fingerprint density at radius 3 is 2.52 bits per heavy atom. The summed E-state index contributed by atoms with van der Waals surface area (Å²) in [5.74, 6) is -6.48. The molecular weight excluding hydrogens is 353 g/mol. The number of carbonyl (C=O) groups is 1. The Labute approximate surface area is 125 Å². The van der Waals surface area contributed by atoms with Crippen molar-refractivity contribution in [2.75, 3.05) is 5.32 Å². The molecule has 21 heavy (non-hydrogen) atoms. The summed E-state index contributed by atoms with van der Waals surface area (Å²) < 4.78 is 40.6. The Morgan fingerprint density at radius 2 is 1.95 bits per heavy atom. The highest BCUT2D eigenvalue weighted by Gasteiger charge is 2.23. The molecule has 0 radical (unpaired) electrons. The van der Waals surface area contributed by atoms with Crippen molar-refractivity contribution in [1.29, 1.82) is 0 Å². The molecular formula is C13H8BrF3N2O2. The van der Waals surface area contributed by atoms with Gasteiger partial charge in [0.15, 0.2) is 17.5 Å². The predicted octanol–water partition coefficient (Wildman–Crippen LogP) is 4.01. The van der Waals surface area contributed by atoms with Gasteiger partial charge in [0.25, 0.3) is 0 Å². The lowest BCUT2D eigenvalue weighted by molar-refractivity contribution is 0.0696. The zero-order valence-corrected chi connectivity index (χ0v) is 12.1. The van der Waals surface area contributed by atoms with Crippen molar-refractivity contribution in [1.82, 2.24) is 4.98 Å². The van der Waals surface area contributed by atoms with Crippen LogP contribution in [-0.2, 0) is 0 Å². The lowest BCUT2D eigenvalue weighted by Gasteiger charge is -2.12. The normalized spacial score (nSPS) is 10.5. The molecule has 0 aliphatic rings. The number of carboxylic acids is 1. The van der Waals surface area contributed by atoms with Crippen molar-refractivity contribution in [3.8, 4) is 0 Å². The van der Waals surface area contributed by atoms with Crippen molar-refractivity contribution < 1.29 is 23.1 Å². The molecule has 8 heteroatoms. The van der Waals surface area contributed by atoms with Crippen LogP contribution >= 0.6 is 15.9 Å². The fourth-order valence-corrected chi connectivity index (χ4v) is 2.19. The first-order valence-electron chi connectivity index (χ1n) is 5.61. The van der Waals surface area contributed by atoms with E-state index in [1.165, 1.54) is 6.20 Å². The highest BCUT2D eigenvalue weighted by Crippen LogP contribution is 2.30. The zero-order chi connectivity index (χ0) is 15.7. The van der Waals surface area contributed by atoms with Gasteiger partial charge in [-0.1, -0.05) is 0 Å². The summed E-state index contributed by atoms with van der Waals surface area (Å²) in [4.78, 5) is 15.0. The number of pyridine rings is 1. The average Bonchev–Trinajstić information content (AvgIpc) is 2.41. The molecule has 4 nitrogen and oxygen atoms in total. The van der Waals surface area contributed by atoms with Crippen LogP contribution in [0.5, 0.6) is 0 Å². The summed E-state index contributed by atoms with van der Waals surface area (Å²) >= 11 is 3.16. The van der Waals surface area contributed by atoms with Crippen molar-refractivity contribution >= 4 is 33.4 Å². The number of aromatic carboxylic acids is 1. The van der Waals surface area contributed by atoms with Gasteiger partial charge in [0.05, 0.1) is 15.7 Å². The van der Waals surface area contributed by atoms with Gasteiger partial charge in [-0.25, -0.2) is 22.9 Å². The molecule has 0 amide bonds. The number of halogens is 4. The van der Waals surface area contributed by atoms with Gasteiger partial charge in [-0.05, 0) is 40.5 Å². The number of hydrogen-bond acceptors (Lipinski definition) is 3. The van der Waals surface area contributed by atoms with Crippen LogP contribution in [0.1, 0.15) is 15.9 Å². The number of anilines is 2. The van der Waals surface area contributed by atoms with E-state index in [1.807, 2.05) is 0 Å². The number of hydrogen-bond donors (Lipinski definition) is 2. The van der Waals surface area contributed by atoms with Crippen molar-refractivity contribution in [2.45, 2.75) is 6.92 Å². The fourth-order valence-electron chi connectivity index (χ4n) is 1.63. The van der Waals surface area contributed by atoms with Crippen LogP contribution in [0.2, 0.25) is 0 Å². The lowest BCUT2D eigenvalue weighted by Crippen LogP contribution is -2.09. The number of rotatable bonds is 3. The number of benzene rings is 1. The Bertz CT molecular complexity index is 738.